The summed E-state index contributed by atoms with van der Waals surface area (Å²) in [4.78, 5) is 45.3. The fraction of sp³-hybridized carbons (Fsp3) is 0.295. The van der Waals surface area contributed by atoms with E-state index in [0.29, 0.717) is 72.6 Å². The SMILES string of the molecule is CS(=O)(=O)c1cc(S(=O)(=O)CC(=O)c2cccc(N3CCc4cccc(C(=O)Nc5nc6cnccc6s5)c4C3)n2)ccc1N[C@H](CCN1CCOCC1)CSc1ccccc1. The van der Waals surface area contributed by atoms with E-state index in [4.69, 9.17) is 4.74 Å². The zero-order valence-corrected chi connectivity index (χ0v) is 37.2. The van der Waals surface area contributed by atoms with E-state index in [1.165, 1.54) is 29.5 Å². The molecule has 322 valence electrons. The molecule has 0 saturated carbocycles. The smallest absolute Gasteiger partial charge is 0.257 e. The van der Waals surface area contributed by atoms with Gasteiger partial charge in [-0.05, 0) is 78.6 Å². The Morgan fingerprint density at radius 3 is 2.52 bits per heavy atom. The van der Waals surface area contributed by atoms with Crippen molar-refractivity contribution in [3.63, 3.8) is 0 Å². The van der Waals surface area contributed by atoms with Crippen LogP contribution < -0.4 is 15.5 Å². The lowest BCUT2D eigenvalue weighted by Gasteiger charge is -2.31. The summed E-state index contributed by atoms with van der Waals surface area (Å²) >= 11 is 3.01. The fourth-order valence-corrected chi connectivity index (χ4v) is 11.5. The summed E-state index contributed by atoms with van der Waals surface area (Å²) in [6.07, 6.45) is 5.70. The lowest BCUT2D eigenvalue weighted by Crippen LogP contribution is -2.39. The molecule has 0 radical (unpaired) electrons. The average molecular weight is 912 g/mol. The number of carbonyl (C=O) groups is 2. The van der Waals surface area contributed by atoms with Gasteiger partial charge in [0.15, 0.2) is 30.6 Å². The van der Waals surface area contributed by atoms with E-state index in [-0.39, 0.29) is 27.4 Å². The first kappa shape index (κ1) is 43.4. The minimum Gasteiger partial charge on any atom is -0.380 e. The predicted molar refractivity (Wildman–Crippen MR) is 243 cm³/mol. The van der Waals surface area contributed by atoms with Crippen LogP contribution in [0.25, 0.3) is 10.2 Å². The van der Waals surface area contributed by atoms with Gasteiger partial charge in [0.25, 0.3) is 5.91 Å². The number of pyridine rings is 2. The van der Waals surface area contributed by atoms with Crippen LogP contribution >= 0.6 is 23.1 Å². The molecule has 1 amide bonds. The van der Waals surface area contributed by atoms with Crippen LogP contribution in [0, 0.1) is 0 Å². The maximum Gasteiger partial charge on any atom is 0.257 e. The van der Waals surface area contributed by atoms with Crippen LogP contribution in [-0.2, 0) is 37.4 Å². The van der Waals surface area contributed by atoms with Gasteiger partial charge in [0.05, 0.1) is 39.6 Å². The van der Waals surface area contributed by atoms with Gasteiger partial charge in [-0.1, -0.05) is 47.7 Å². The largest absolute Gasteiger partial charge is 0.380 e. The number of Topliss-reactive ketones (excluding diaryl/α,β-unsaturated/α-hetero) is 1. The molecule has 1 saturated heterocycles. The summed E-state index contributed by atoms with van der Waals surface area (Å²) in [5, 5.41) is 6.80. The van der Waals surface area contributed by atoms with Crippen LogP contribution in [0.4, 0.5) is 16.6 Å². The molecule has 3 aromatic heterocycles. The maximum atomic E-state index is 13.8. The Morgan fingerprint density at radius 2 is 1.73 bits per heavy atom. The van der Waals surface area contributed by atoms with Gasteiger partial charge in [-0.3, -0.25) is 24.8 Å². The van der Waals surface area contributed by atoms with Crippen LogP contribution in [0.15, 0.2) is 118 Å². The molecule has 1 fully saturated rings. The molecular weight excluding hydrogens is 867 g/mol. The zero-order valence-electron chi connectivity index (χ0n) is 33.9. The second-order valence-electron chi connectivity index (χ2n) is 15.1. The number of amides is 1. The summed E-state index contributed by atoms with van der Waals surface area (Å²) < 4.78 is 60.5. The molecule has 2 N–H and O–H groups in total. The predicted octanol–water partition coefficient (Wildman–Crippen LogP) is 6.26. The average Bonchev–Trinajstić information content (AvgIpc) is 3.69. The van der Waals surface area contributed by atoms with Gasteiger partial charge in [-0.15, -0.1) is 11.8 Å². The summed E-state index contributed by atoms with van der Waals surface area (Å²) in [7, 11) is -8.21. The molecule has 6 aromatic rings. The molecule has 0 spiro atoms. The van der Waals surface area contributed by atoms with Crippen molar-refractivity contribution >= 4 is 81.3 Å². The minimum absolute atomic E-state index is 0.0473. The van der Waals surface area contributed by atoms with Crippen molar-refractivity contribution in [3.8, 4) is 0 Å². The zero-order chi connectivity index (χ0) is 43.3. The number of ketones is 1. The third-order valence-electron chi connectivity index (χ3n) is 10.8. The molecule has 1 atom stereocenters. The van der Waals surface area contributed by atoms with E-state index in [1.54, 1.807) is 42.4 Å². The first-order valence-electron chi connectivity index (χ1n) is 20.1. The lowest BCUT2D eigenvalue weighted by atomic mass is 9.94. The van der Waals surface area contributed by atoms with Gasteiger partial charge in [0.2, 0.25) is 0 Å². The van der Waals surface area contributed by atoms with Gasteiger partial charge in [0, 0.05) is 67.4 Å². The highest BCUT2D eigenvalue weighted by Gasteiger charge is 2.28. The van der Waals surface area contributed by atoms with Crippen molar-refractivity contribution in [1.29, 1.82) is 0 Å². The summed E-state index contributed by atoms with van der Waals surface area (Å²) in [6, 6.07) is 26.0. The van der Waals surface area contributed by atoms with Crippen LogP contribution in [-0.4, -0.2) is 112 Å². The van der Waals surface area contributed by atoms with Crippen molar-refractivity contribution in [1.82, 2.24) is 19.9 Å². The Kier molecular flexibility index (Phi) is 13.3. The topological polar surface area (TPSA) is 181 Å². The van der Waals surface area contributed by atoms with E-state index >= 15 is 0 Å². The number of nitrogens with zero attached hydrogens (tertiary/aromatic N) is 5. The monoisotopic (exact) mass is 911 g/mol. The lowest BCUT2D eigenvalue weighted by molar-refractivity contribution is 0.0370. The number of fused-ring (bicyclic) bond motifs is 2. The van der Waals surface area contributed by atoms with Crippen molar-refractivity contribution in [2.45, 2.75) is 40.1 Å². The molecule has 2 aliphatic rings. The van der Waals surface area contributed by atoms with Crippen LogP contribution in [0.5, 0.6) is 0 Å². The Labute approximate surface area is 369 Å². The Morgan fingerprint density at radius 1 is 0.919 bits per heavy atom. The third kappa shape index (κ3) is 10.5. The number of thioether (sulfide) groups is 1. The molecule has 0 unspecified atom stereocenters. The summed E-state index contributed by atoms with van der Waals surface area (Å²) in [5.74, 6) is -0.853. The van der Waals surface area contributed by atoms with Gasteiger partial charge >= 0.3 is 0 Å². The standard InChI is InChI=1S/C44H45N7O7S4/c1-61(54,55)41-25-33(13-14-37(41)46-31(17-19-50-21-23-58-24-22-50)28-59-32-8-3-2-4-9-32)62(56,57)29-39(52)36-11-6-12-42(47-36)51-20-16-30-7-5-10-34(35(30)27-51)43(53)49-44-48-38-26-45-18-15-40(38)60-44/h2-15,18,25-26,31,46H,16-17,19-24,27-29H2,1H3,(H,48,49,53)/t31-/m1/s1. The van der Waals surface area contributed by atoms with Gasteiger partial charge in [-0.2, -0.15) is 0 Å². The number of aromatic nitrogens is 3. The van der Waals surface area contributed by atoms with Gasteiger partial charge in [0.1, 0.15) is 22.8 Å². The summed E-state index contributed by atoms with van der Waals surface area (Å²) in [6.45, 7) is 4.63. The molecule has 14 nitrogen and oxygen atoms in total. The molecule has 18 heteroatoms. The van der Waals surface area contributed by atoms with Crippen molar-refractivity contribution in [3.05, 3.63) is 126 Å². The Balaban J connectivity index is 0.965. The van der Waals surface area contributed by atoms with E-state index < -0.39 is 31.2 Å². The Bertz CT molecular complexity index is 2780. The number of morpholine rings is 1. The van der Waals surface area contributed by atoms with E-state index in [1.807, 2.05) is 53.4 Å². The maximum absolute atomic E-state index is 13.8. The highest BCUT2D eigenvalue weighted by atomic mass is 32.2. The van der Waals surface area contributed by atoms with Crippen LogP contribution in [0.3, 0.4) is 0 Å². The first-order chi connectivity index (χ1) is 29.9. The Hall–Kier alpha value is -5.24. The van der Waals surface area contributed by atoms with Crippen LogP contribution in [0.1, 0.15) is 38.4 Å². The van der Waals surface area contributed by atoms with E-state index in [0.717, 1.165) is 52.7 Å². The van der Waals surface area contributed by atoms with Crippen molar-refractivity contribution < 1.29 is 31.2 Å². The number of rotatable bonds is 16. The quantitative estimate of drug-likeness (QED) is 0.0821. The van der Waals surface area contributed by atoms with Crippen molar-refractivity contribution in [2.24, 2.45) is 0 Å². The normalized spacial score (nSPS) is 15.2. The molecular formula is C44H45N7O7S4. The molecule has 2 aliphatic heterocycles. The number of anilines is 3. The number of nitrogens with one attached hydrogen (secondary N) is 2. The van der Waals surface area contributed by atoms with E-state index in [9.17, 15) is 26.4 Å². The second kappa shape index (κ2) is 19.0. The molecule has 8 rings (SSSR count). The third-order valence-corrected chi connectivity index (χ3v) is 15.6. The number of hydrogen-bond acceptors (Lipinski definition) is 15. The fourth-order valence-electron chi connectivity index (χ4n) is 7.49. The highest BCUT2D eigenvalue weighted by Crippen LogP contribution is 2.31. The number of thiazole rings is 1. The van der Waals surface area contributed by atoms with E-state index in [2.05, 4.69) is 30.5 Å². The molecule has 0 bridgehead atoms. The number of benzene rings is 3. The van der Waals surface area contributed by atoms with Gasteiger partial charge < -0.3 is 15.0 Å². The number of carbonyl (C=O) groups excluding carboxylic acids is 2. The van der Waals surface area contributed by atoms with Crippen LogP contribution in [0.2, 0.25) is 0 Å². The van der Waals surface area contributed by atoms with Crippen molar-refractivity contribution in [2.75, 3.05) is 72.7 Å². The number of sulfone groups is 2. The second-order valence-corrected chi connectivity index (χ2v) is 21.2. The molecule has 0 aliphatic carbocycles. The summed E-state index contributed by atoms with van der Waals surface area (Å²) in [5.41, 5.74) is 3.27. The van der Waals surface area contributed by atoms with Gasteiger partial charge in [-0.25, -0.2) is 26.8 Å². The highest BCUT2D eigenvalue weighted by molar-refractivity contribution is 7.99. The molecule has 5 heterocycles. The first-order valence-corrected chi connectivity index (χ1v) is 25.4. The number of hydrogen-bond donors (Lipinski definition) is 2. The molecule has 3 aromatic carbocycles. The number of ether oxygens (including phenoxy) is 1. The minimum atomic E-state index is -4.30. The molecule has 62 heavy (non-hydrogen) atoms.